The van der Waals surface area contributed by atoms with Gasteiger partial charge in [0.05, 0.1) is 0 Å². The Morgan fingerprint density at radius 3 is 2.26 bits per heavy atom. The van der Waals surface area contributed by atoms with E-state index in [0.717, 1.165) is 63.5 Å². The highest BCUT2D eigenvalue weighted by atomic mass is 16.3. The third-order valence-electron chi connectivity index (χ3n) is 16.3. The van der Waals surface area contributed by atoms with E-state index in [1.165, 1.54) is 113 Å². The molecule has 2 unspecified atom stereocenters. The number of hydrogen-bond donors (Lipinski definition) is 0. The van der Waals surface area contributed by atoms with E-state index < -0.39 is 0 Å². The van der Waals surface area contributed by atoms with Crippen molar-refractivity contribution >= 4 is 84.9 Å². The summed E-state index contributed by atoms with van der Waals surface area (Å²) in [6.45, 7) is 9.08. The molecule has 0 N–H and O–H groups in total. The number of fused-ring (bicyclic) bond motifs is 7. The van der Waals surface area contributed by atoms with E-state index in [2.05, 4.69) is 243 Å². The molecule has 7 aromatic carbocycles. The molecular formula is C68H66BN3O. The minimum Gasteiger partial charge on any atom is -0.456 e. The van der Waals surface area contributed by atoms with Crippen LogP contribution in [0.2, 0.25) is 0 Å². The first-order chi connectivity index (χ1) is 36.0. The molecule has 0 bridgehead atoms. The van der Waals surface area contributed by atoms with Crippen molar-refractivity contribution in [2.75, 3.05) is 14.7 Å². The predicted octanol–water partition coefficient (Wildman–Crippen LogP) is 17.1. The van der Waals surface area contributed by atoms with Crippen LogP contribution < -0.4 is 31.1 Å². The van der Waals surface area contributed by atoms with Crippen LogP contribution in [0.1, 0.15) is 97.5 Å². The van der Waals surface area contributed by atoms with Crippen LogP contribution in [0, 0.1) is 18.8 Å². The van der Waals surface area contributed by atoms with Crippen LogP contribution in [0.5, 0.6) is 0 Å². The molecule has 2 atom stereocenters. The fourth-order valence-corrected chi connectivity index (χ4v) is 13.0. The van der Waals surface area contributed by atoms with Crippen LogP contribution in [0.3, 0.4) is 0 Å². The Labute approximate surface area is 434 Å². The number of unbranched alkanes of at least 4 members (excludes halogenated alkanes) is 1. The topological polar surface area (TPSA) is 22.9 Å². The van der Waals surface area contributed by atoms with Crippen molar-refractivity contribution in [2.24, 2.45) is 5.92 Å². The summed E-state index contributed by atoms with van der Waals surface area (Å²) in [5, 5.41) is 2.31. The van der Waals surface area contributed by atoms with Gasteiger partial charge in [-0.15, -0.1) is 12.8 Å². The summed E-state index contributed by atoms with van der Waals surface area (Å²) in [6.07, 6.45) is 33.9. The SMILES string of the molecule is C#C.C/C=C\C(=C/C)N(c1ccccc1)c1ccc2c(c1)N(c1ccc(-c3cccc4oc5ccccc5c34)cc1)c1cc(C3(CCCC)CCCC(CC)C3)cc3c1B2c1ccccc1N3C1=CCCC=C1. The van der Waals surface area contributed by atoms with E-state index in [1.54, 1.807) is 0 Å². The number of benzene rings is 7. The Morgan fingerprint density at radius 2 is 1.49 bits per heavy atom. The summed E-state index contributed by atoms with van der Waals surface area (Å²) >= 11 is 0. The molecule has 362 valence electrons. The maximum absolute atomic E-state index is 6.40. The van der Waals surface area contributed by atoms with Crippen LogP contribution in [-0.4, -0.2) is 6.71 Å². The van der Waals surface area contributed by atoms with Crippen molar-refractivity contribution in [3.63, 3.8) is 0 Å². The van der Waals surface area contributed by atoms with E-state index in [0.29, 0.717) is 0 Å². The van der Waals surface area contributed by atoms with Crippen molar-refractivity contribution < 1.29 is 4.42 Å². The number of rotatable bonds is 12. The van der Waals surface area contributed by atoms with Gasteiger partial charge in [-0.1, -0.05) is 155 Å². The van der Waals surface area contributed by atoms with E-state index in [4.69, 9.17) is 4.42 Å². The minimum absolute atomic E-state index is 0.0319. The molecule has 0 saturated heterocycles. The quantitative estimate of drug-likeness (QED) is 0.0691. The molecular weight excluding hydrogens is 886 g/mol. The zero-order chi connectivity index (χ0) is 50.1. The standard InChI is InChI=1S/C66H64BN3O.C2H2/c1-5-9-40-66(41-21-23-46(7-3)45-66)48-42-60-65-61(43-48)70(52-36-34-47(35-37-52)54-29-20-33-63-64(54)55-28-16-19-32-62(55)71-63)59-44-53(68(49(8-4)22-6-2)50-24-12-10-13-25-50)38-39-57(59)67(65)56-30-17-18-31-58(56)69(60)51-26-14-11-15-27-51;1-2/h6,8,10,12-14,16-20,22,24-39,42-44,46H,5,7,9,11,15,21,23,40-41,45H2,1-4H3;1-2H/b22-6-,49-8+;. The molecule has 73 heavy (non-hydrogen) atoms. The highest BCUT2D eigenvalue weighted by Gasteiger charge is 2.46. The third-order valence-corrected chi connectivity index (χ3v) is 16.3. The molecule has 0 radical (unpaired) electrons. The van der Waals surface area contributed by atoms with E-state index >= 15 is 0 Å². The summed E-state index contributed by atoms with van der Waals surface area (Å²) in [5.41, 5.74) is 20.8. The van der Waals surface area contributed by atoms with Gasteiger partial charge in [0.15, 0.2) is 0 Å². The normalized spacial score (nSPS) is 18.0. The number of terminal acetylenes is 1. The maximum Gasteiger partial charge on any atom is 0.252 e. The van der Waals surface area contributed by atoms with Crippen LogP contribution in [0.15, 0.2) is 204 Å². The minimum atomic E-state index is 0.0319. The van der Waals surface area contributed by atoms with Crippen molar-refractivity contribution in [3.05, 3.63) is 205 Å². The first kappa shape index (κ1) is 47.6. The Bertz CT molecular complexity index is 3460. The zero-order valence-corrected chi connectivity index (χ0v) is 43.0. The lowest BCUT2D eigenvalue weighted by molar-refractivity contribution is 0.199. The van der Waals surface area contributed by atoms with Gasteiger partial charge in [0.2, 0.25) is 0 Å². The maximum atomic E-state index is 6.40. The zero-order valence-electron chi connectivity index (χ0n) is 43.0. The van der Waals surface area contributed by atoms with Crippen molar-refractivity contribution in [3.8, 4) is 24.0 Å². The fourth-order valence-electron chi connectivity index (χ4n) is 13.0. The molecule has 1 saturated carbocycles. The first-order valence-corrected chi connectivity index (χ1v) is 26.9. The van der Waals surface area contributed by atoms with Gasteiger partial charge in [0.25, 0.3) is 6.71 Å². The Kier molecular flexibility index (Phi) is 13.3. The number of nitrogens with zero attached hydrogens (tertiary/aromatic N) is 3. The summed E-state index contributed by atoms with van der Waals surface area (Å²) in [6, 6.07) is 57.1. The number of anilines is 7. The first-order valence-electron chi connectivity index (χ1n) is 26.9. The summed E-state index contributed by atoms with van der Waals surface area (Å²) in [5.74, 6) is 0.729. The second-order valence-corrected chi connectivity index (χ2v) is 20.4. The number of allylic oxidation sites excluding steroid dienone is 6. The van der Waals surface area contributed by atoms with Gasteiger partial charge >= 0.3 is 0 Å². The van der Waals surface area contributed by atoms with Crippen LogP contribution >= 0.6 is 0 Å². The second-order valence-electron chi connectivity index (χ2n) is 20.4. The average Bonchev–Trinajstić information content (AvgIpc) is 3.85. The lowest BCUT2D eigenvalue weighted by Gasteiger charge is -2.47. The summed E-state index contributed by atoms with van der Waals surface area (Å²) < 4.78 is 6.40. The van der Waals surface area contributed by atoms with Crippen LogP contribution in [-0.2, 0) is 5.41 Å². The van der Waals surface area contributed by atoms with Crippen molar-refractivity contribution in [2.45, 2.75) is 97.3 Å². The van der Waals surface area contributed by atoms with Crippen LogP contribution in [0.4, 0.5) is 39.8 Å². The summed E-state index contributed by atoms with van der Waals surface area (Å²) in [7, 11) is 0. The van der Waals surface area contributed by atoms with Gasteiger partial charge in [-0.25, -0.2) is 0 Å². The summed E-state index contributed by atoms with van der Waals surface area (Å²) in [4.78, 5) is 7.70. The molecule has 0 amide bonds. The van der Waals surface area contributed by atoms with E-state index in [1.807, 2.05) is 0 Å². The van der Waals surface area contributed by atoms with Gasteiger partial charge in [-0.3, -0.25) is 0 Å². The number of hydrogen-bond acceptors (Lipinski definition) is 4. The van der Waals surface area contributed by atoms with Crippen molar-refractivity contribution in [1.29, 1.82) is 0 Å². The lowest BCUT2D eigenvalue weighted by Crippen LogP contribution is -2.62. The van der Waals surface area contributed by atoms with Crippen LogP contribution in [0.25, 0.3) is 33.1 Å². The fraction of sp³-hybridized carbons (Fsp3) is 0.235. The number of para-hydroxylation sites is 3. The molecule has 0 spiro atoms. The average molecular weight is 952 g/mol. The molecule has 4 aliphatic rings. The Balaban J connectivity index is 0.00000284. The highest BCUT2D eigenvalue weighted by Crippen LogP contribution is 2.52. The molecule has 4 nitrogen and oxygen atoms in total. The second kappa shape index (κ2) is 20.4. The third kappa shape index (κ3) is 8.32. The van der Waals surface area contributed by atoms with Gasteiger partial charge in [0.1, 0.15) is 11.2 Å². The molecule has 2 aliphatic carbocycles. The Hall–Kier alpha value is -7.68. The highest BCUT2D eigenvalue weighted by molar-refractivity contribution is 7.00. The number of furan rings is 1. The molecule has 5 heteroatoms. The van der Waals surface area contributed by atoms with Gasteiger partial charge in [-0.2, -0.15) is 0 Å². The van der Waals surface area contributed by atoms with Gasteiger partial charge in [0, 0.05) is 62.0 Å². The molecule has 3 heterocycles. The Morgan fingerprint density at radius 1 is 0.740 bits per heavy atom. The molecule has 1 aromatic heterocycles. The van der Waals surface area contributed by atoms with Gasteiger partial charge < -0.3 is 19.1 Å². The monoisotopic (exact) mass is 952 g/mol. The molecule has 12 rings (SSSR count). The van der Waals surface area contributed by atoms with Crippen molar-refractivity contribution in [1.82, 2.24) is 0 Å². The molecule has 2 aliphatic heterocycles. The molecule has 1 fully saturated rings. The molecule has 8 aromatic rings. The lowest BCUT2D eigenvalue weighted by atomic mass is 9.33. The largest absolute Gasteiger partial charge is 0.456 e. The van der Waals surface area contributed by atoms with E-state index in [9.17, 15) is 0 Å². The van der Waals surface area contributed by atoms with Gasteiger partial charge in [-0.05, 0) is 169 Å². The smallest absolute Gasteiger partial charge is 0.252 e. The van der Waals surface area contributed by atoms with E-state index in [-0.39, 0.29) is 12.1 Å². The predicted molar refractivity (Wildman–Crippen MR) is 314 cm³/mol.